The second-order valence-corrected chi connectivity index (χ2v) is 3.16. The molecule has 1 amide bonds. The van der Waals surface area contributed by atoms with Crippen LogP contribution in [0.25, 0.3) is 0 Å². The lowest BCUT2D eigenvalue weighted by atomic mass is 10.0. The number of hydrogen-bond acceptors (Lipinski definition) is 3. The maximum Gasteiger partial charge on any atom is 0.328 e. The van der Waals surface area contributed by atoms with Gasteiger partial charge >= 0.3 is 5.97 Å². The van der Waals surface area contributed by atoms with Crippen LogP contribution in [0.15, 0.2) is 0 Å². The minimum Gasteiger partial charge on any atom is -0.464 e. The van der Waals surface area contributed by atoms with Crippen LogP contribution in [-0.2, 0) is 14.3 Å². The molecule has 0 bridgehead atoms. The maximum atomic E-state index is 11.3. The third kappa shape index (κ3) is 2.20. The summed E-state index contributed by atoms with van der Waals surface area (Å²) < 4.78 is 4.87. The number of likely N-dealkylation sites (tertiary alicyclic amines) is 1. The first kappa shape index (κ1) is 10.0. The summed E-state index contributed by atoms with van der Waals surface area (Å²) in [6, 6.07) is -0.360. The normalized spacial score (nSPS) is 23.1. The predicted molar refractivity (Wildman–Crippen MR) is 47.0 cm³/mol. The van der Waals surface area contributed by atoms with Crippen molar-refractivity contribution in [1.82, 2.24) is 4.90 Å². The van der Waals surface area contributed by atoms with E-state index in [0.29, 0.717) is 13.0 Å². The molecule has 1 rings (SSSR count). The monoisotopic (exact) mass is 185 g/mol. The molecule has 1 saturated heterocycles. The number of amides is 1. The first-order chi connectivity index (χ1) is 6.16. The Bertz CT molecular complexity index is 215. The third-order valence-electron chi connectivity index (χ3n) is 2.29. The Hall–Kier alpha value is -1.06. The van der Waals surface area contributed by atoms with Crippen molar-refractivity contribution in [3.63, 3.8) is 0 Å². The van der Waals surface area contributed by atoms with Crippen LogP contribution in [0.4, 0.5) is 0 Å². The minimum absolute atomic E-state index is 0.0318. The fraction of sp³-hybridized carbons (Fsp3) is 0.778. The van der Waals surface area contributed by atoms with Crippen LogP contribution in [0.3, 0.4) is 0 Å². The quantitative estimate of drug-likeness (QED) is 0.590. The Morgan fingerprint density at radius 2 is 2.38 bits per heavy atom. The molecule has 1 heterocycles. The molecule has 0 saturated carbocycles. The predicted octanol–water partition coefficient (Wildman–Crippen LogP) is 0.560. The lowest BCUT2D eigenvalue weighted by molar-refractivity contribution is -0.156. The van der Waals surface area contributed by atoms with Gasteiger partial charge in [-0.2, -0.15) is 0 Å². The molecule has 0 aliphatic carbocycles. The minimum atomic E-state index is -0.360. The molecule has 0 unspecified atom stereocenters. The number of hydrogen-bond donors (Lipinski definition) is 0. The molecule has 13 heavy (non-hydrogen) atoms. The van der Waals surface area contributed by atoms with E-state index in [2.05, 4.69) is 0 Å². The number of carbonyl (C=O) groups excluding carboxylic acids is 2. The van der Waals surface area contributed by atoms with Crippen molar-refractivity contribution in [2.75, 3.05) is 13.7 Å². The number of esters is 1. The molecule has 1 aliphatic rings. The zero-order valence-corrected chi connectivity index (χ0v) is 8.08. The summed E-state index contributed by atoms with van der Waals surface area (Å²) >= 11 is 0. The Balaban J connectivity index is 2.57. The average molecular weight is 185 g/mol. The van der Waals surface area contributed by atoms with Gasteiger partial charge in [0.25, 0.3) is 0 Å². The SMILES string of the molecule is CCOC(=O)[C@@H]1CCCC(=O)N1C. The summed E-state index contributed by atoms with van der Waals surface area (Å²) in [7, 11) is 1.66. The van der Waals surface area contributed by atoms with Gasteiger partial charge in [-0.25, -0.2) is 4.79 Å². The Morgan fingerprint density at radius 1 is 1.69 bits per heavy atom. The van der Waals surface area contributed by atoms with Gasteiger partial charge in [0.15, 0.2) is 0 Å². The molecule has 1 atom stereocenters. The zero-order valence-electron chi connectivity index (χ0n) is 8.08. The summed E-state index contributed by atoms with van der Waals surface area (Å²) in [6.45, 7) is 2.14. The van der Waals surface area contributed by atoms with Gasteiger partial charge in [0.05, 0.1) is 6.61 Å². The first-order valence-corrected chi connectivity index (χ1v) is 4.59. The maximum absolute atomic E-state index is 11.3. The molecule has 0 aromatic carbocycles. The van der Waals surface area contributed by atoms with E-state index >= 15 is 0 Å². The Morgan fingerprint density at radius 3 is 3.00 bits per heavy atom. The van der Waals surface area contributed by atoms with Gasteiger partial charge < -0.3 is 9.64 Å². The van der Waals surface area contributed by atoms with Gasteiger partial charge in [-0.3, -0.25) is 4.79 Å². The summed E-state index contributed by atoms with van der Waals surface area (Å²) in [5.74, 6) is -0.248. The van der Waals surface area contributed by atoms with Gasteiger partial charge in [0.1, 0.15) is 6.04 Å². The van der Waals surface area contributed by atoms with Crippen molar-refractivity contribution in [3.8, 4) is 0 Å². The van der Waals surface area contributed by atoms with E-state index in [1.165, 1.54) is 4.90 Å². The standard InChI is InChI=1S/C9H15NO3/c1-3-13-9(12)7-5-4-6-8(11)10(7)2/h7H,3-6H2,1-2H3/t7-/m0/s1. The van der Waals surface area contributed by atoms with E-state index in [-0.39, 0.29) is 17.9 Å². The highest BCUT2D eigenvalue weighted by molar-refractivity contribution is 5.85. The molecule has 4 heteroatoms. The second-order valence-electron chi connectivity index (χ2n) is 3.16. The van der Waals surface area contributed by atoms with E-state index in [9.17, 15) is 9.59 Å². The van der Waals surface area contributed by atoms with Crippen LogP contribution in [0, 0.1) is 0 Å². The average Bonchev–Trinajstić information content (AvgIpc) is 2.10. The van der Waals surface area contributed by atoms with E-state index in [1.807, 2.05) is 0 Å². The fourth-order valence-electron chi connectivity index (χ4n) is 1.50. The van der Waals surface area contributed by atoms with E-state index in [1.54, 1.807) is 14.0 Å². The molecule has 0 radical (unpaired) electrons. The Kier molecular flexibility index (Phi) is 3.28. The van der Waals surface area contributed by atoms with Crippen LogP contribution in [0.5, 0.6) is 0 Å². The second kappa shape index (κ2) is 4.25. The molecule has 4 nitrogen and oxygen atoms in total. The number of ether oxygens (including phenoxy) is 1. The van der Waals surface area contributed by atoms with Crippen LogP contribution in [0.2, 0.25) is 0 Å². The number of rotatable bonds is 2. The molecular formula is C9H15NO3. The van der Waals surface area contributed by atoms with E-state index in [0.717, 1.165) is 12.8 Å². The fourth-order valence-corrected chi connectivity index (χ4v) is 1.50. The van der Waals surface area contributed by atoms with Gasteiger partial charge in [-0.05, 0) is 19.8 Å². The molecule has 0 spiro atoms. The summed E-state index contributed by atoms with van der Waals surface area (Å²) in [5.41, 5.74) is 0. The van der Waals surface area contributed by atoms with Gasteiger partial charge in [-0.1, -0.05) is 0 Å². The van der Waals surface area contributed by atoms with Crippen molar-refractivity contribution in [1.29, 1.82) is 0 Å². The van der Waals surface area contributed by atoms with Crippen molar-refractivity contribution in [3.05, 3.63) is 0 Å². The number of nitrogens with zero attached hydrogens (tertiary/aromatic N) is 1. The lowest BCUT2D eigenvalue weighted by Gasteiger charge is -2.30. The lowest BCUT2D eigenvalue weighted by Crippen LogP contribution is -2.46. The van der Waals surface area contributed by atoms with Crippen molar-refractivity contribution in [2.24, 2.45) is 0 Å². The molecule has 0 aromatic rings. The van der Waals surface area contributed by atoms with Crippen LogP contribution in [-0.4, -0.2) is 36.5 Å². The molecule has 1 fully saturated rings. The zero-order chi connectivity index (χ0) is 9.84. The smallest absolute Gasteiger partial charge is 0.328 e. The van der Waals surface area contributed by atoms with Gasteiger partial charge in [-0.15, -0.1) is 0 Å². The Labute approximate surface area is 77.8 Å². The highest BCUT2D eigenvalue weighted by Crippen LogP contribution is 2.17. The largest absolute Gasteiger partial charge is 0.464 e. The number of carbonyl (C=O) groups is 2. The summed E-state index contributed by atoms with van der Waals surface area (Å²) in [6.07, 6.45) is 2.06. The molecule has 0 aromatic heterocycles. The topological polar surface area (TPSA) is 46.6 Å². The number of piperidine rings is 1. The summed E-state index contributed by atoms with van der Waals surface area (Å²) in [4.78, 5) is 24.1. The molecule has 1 aliphatic heterocycles. The van der Waals surface area contributed by atoms with Crippen molar-refractivity contribution >= 4 is 11.9 Å². The highest BCUT2D eigenvalue weighted by Gasteiger charge is 2.31. The molecule has 74 valence electrons. The first-order valence-electron chi connectivity index (χ1n) is 4.59. The van der Waals surface area contributed by atoms with E-state index < -0.39 is 0 Å². The van der Waals surface area contributed by atoms with Crippen molar-refractivity contribution < 1.29 is 14.3 Å². The molecular weight excluding hydrogens is 170 g/mol. The highest BCUT2D eigenvalue weighted by atomic mass is 16.5. The van der Waals surface area contributed by atoms with Crippen LogP contribution >= 0.6 is 0 Å². The molecule has 0 N–H and O–H groups in total. The number of likely N-dealkylation sites (N-methyl/N-ethyl adjacent to an activating group) is 1. The van der Waals surface area contributed by atoms with Gasteiger partial charge in [0, 0.05) is 13.5 Å². The van der Waals surface area contributed by atoms with Crippen molar-refractivity contribution in [2.45, 2.75) is 32.2 Å². The third-order valence-corrected chi connectivity index (χ3v) is 2.29. The van der Waals surface area contributed by atoms with Crippen LogP contribution in [0.1, 0.15) is 26.2 Å². The summed E-state index contributed by atoms with van der Waals surface area (Å²) in [5, 5.41) is 0. The van der Waals surface area contributed by atoms with Crippen LogP contribution < -0.4 is 0 Å². The van der Waals surface area contributed by atoms with E-state index in [4.69, 9.17) is 4.74 Å². The van der Waals surface area contributed by atoms with Gasteiger partial charge in [0.2, 0.25) is 5.91 Å².